The van der Waals surface area contributed by atoms with Crippen molar-refractivity contribution in [2.24, 2.45) is 4.99 Å². The molecule has 28 heavy (non-hydrogen) atoms. The third-order valence-corrected chi connectivity index (χ3v) is 4.12. The Morgan fingerprint density at radius 2 is 1.61 bits per heavy atom. The zero-order valence-electron chi connectivity index (χ0n) is 16.8. The van der Waals surface area contributed by atoms with Gasteiger partial charge in [0.25, 0.3) is 5.91 Å². The van der Waals surface area contributed by atoms with Crippen molar-refractivity contribution in [2.45, 2.75) is 20.0 Å². The Morgan fingerprint density at radius 1 is 0.929 bits per heavy atom. The van der Waals surface area contributed by atoms with Crippen LogP contribution in [0.1, 0.15) is 28.4 Å². The van der Waals surface area contributed by atoms with Crippen LogP contribution in [0.25, 0.3) is 0 Å². The van der Waals surface area contributed by atoms with Gasteiger partial charge in [0, 0.05) is 32.2 Å². The molecule has 0 aliphatic heterocycles. The van der Waals surface area contributed by atoms with Crippen LogP contribution >= 0.6 is 0 Å². The molecule has 0 saturated carbocycles. The normalized spacial score (nSPS) is 10.9. The van der Waals surface area contributed by atoms with Crippen molar-refractivity contribution in [3.63, 3.8) is 0 Å². The molecule has 0 aliphatic rings. The summed E-state index contributed by atoms with van der Waals surface area (Å²) in [7, 11) is 4.95. The Labute approximate surface area is 166 Å². The first kappa shape index (κ1) is 21.1. The van der Waals surface area contributed by atoms with E-state index >= 15 is 0 Å². The molecule has 1 amide bonds. The van der Waals surface area contributed by atoms with Crippen molar-refractivity contribution in [2.75, 3.05) is 27.8 Å². The van der Waals surface area contributed by atoms with Gasteiger partial charge in [0.1, 0.15) is 0 Å². The molecule has 2 aromatic rings. The molecule has 7 nitrogen and oxygen atoms in total. The van der Waals surface area contributed by atoms with Crippen LogP contribution in [0.2, 0.25) is 0 Å². The predicted octanol–water partition coefficient (Wildman–Crippen LogP) is 2.32. The van der Waals surface area contributed by atoms with Crippen molar-refractivity contribution in [1.82, 2.24) is 16.0 Å². The molecule has 0 radical (unpaired) electrons. The summed E-state index contributed by atoms with van der Waals surface area (Å²) in [5.74, 6) is 1.98. The van der Waals surface area contributed by atoms with E-state index in [9.17, 15) is 4.79 Å². The number of aliphatic imine (C=N–C) groups is 1. The molecule has 0 saturated heterocycles. The van der Waals surface area contributed by atoms with Gasteiger partial charge in [-0.3, -0.25) is 9.79 Å². The minimum Gasteiger partial charge on any atom is -0.493 e. The Morgan fingerprint density at radius 3 is 2.21 bits per heavy atom. The Balaban J connectivity index is 1.93. The zero-order chi connectivity index (χ0) is 20.4. The molecule has 3 N–H and O–H groups in total. The third kappa shape index (κ3) is 5.90. The van der Waals surface area contributed by atoms with Crippen LogP contribution in [0.15, 0.2) is 47.5 Å². The molecular weight excluding hydrogens is 356 g/mol. The number of methoxy groups -OCH3 is 2. The minimum atomic E-state index is -0.0692. The highest BCUT2D eigenvalue weighted by molar-refractivity contribution is 5.94. The van der Waals surface area contributed by atoms with Gasteiger partial charge in [0.15, 0.2) is 17.5 Å². The zero-order valence-corrected chi connectivity index (χ0v) is 16.8. The smallest absolute Gasteiger partial charge is 0.251 e. The highest BCUT2D eigenvalue weighted by Crippen LogP contribution is 2.27. The van der Waals surface area contributed by atoms with Gasteiger partial charge in [-0.15, -0.1) is 0 Å². The quantitative estimate of drug-likeness (QED) is 0.481. The van der Waals surface area contributed by atoms with Crippen LogP contribution in [-0.4, -0.2) is 39.7 Å². The summed E-state index contributed by atoms with van der Waals surface area (Å²) in [6, 6.07) is 13.3. The number of carbonyl (C=O) groups is 1. The molecule has 0 spiro atoms. The van der Waals surface area contributed by atoms with Crippen LogP contribution < -0.4 is 25.4 Å². The Hall–Kier alpha value is -3.22. The summed E-state index contributed by atoms with van der Waals surface area (Å²) >= 11 is 0. The molecule has 0 bridgehead atoms. The number of carbonyl (C=O) groups excluding carboxylic acids is 1. The number of rotatable bonds is 8. The molecule has 0 aromatic heterocycles. The summed E-state index contributed by atoms with van der Waals surface area (Å²) in [5, 5.41) is 9.33. The van der Waals surface area contributed by atoms with Gasteiger partial charge in [0.2, 0.25) is 0 Å². The highest BCUT2D eigenvalue weighted by Gasteiger charge is 2.07. The van der Waals surface area contributed by atoms with Crippen LogP contribution in [0.5, 0.6) is 11.5 Å². The summed E-state index contributed by atoms with van der Waals surface area (Å²) < 4.78 is 10.6. The lowest BCUT2D eigenvalue weighted by molar-refractivity contribution is 0.0955. The van der Waals surface area contributed by atoms with Crippen LogP contribution in [0, 0.1) is 0 Å². The summed E-state index contributed by atoms with van der Waals surface area (Å²) in [6.07, 6.45) is 0. The average Bonchev–Trinajstić information content (AvgIpc) is 2.74. The fraction of sp³-hybridized carbons (Fsp3) is 0.333. The van der Waals surface area contributed by atoms with Crippen LogP contribution in [0.4, 0.5) is 0 Å². The van der Waals surface area contributed by atoms with E-state index in [0.29, 0.717) is 42.7 Å². The monoisotopic (exact) mass is 384 g/mol. The van der Waals surface area contributed by atoms with Gasteiger partial charge in [-0.1, -0.05) is 18.2 Å². The number of nitrogens with zero attached hydrogens (tertiary/aromatic N) is 1. The first-order valence-corrected chi connectivity index (χ1v) is 9.13. The molecule has 0 heterocycles. The number of amides is 1. The number of guanidine groups is 1. The fourth-order valence-corrected chi connectivity index (χ4v) is 2.67. The van der Waals surface area contributed by atoms with E-state index in [1.165, 1.54) is 0 Å². The SMILES string of the molecule is CCNC(=O)c1cccc(CNC(=NC)NCc2ccc(OC)c(OC)c2)c1. The van der Waals surface area contributed by atoms with Gasteiger partial charge < -0.3 is 25.4 Å². The van der Waals surface area contributed by atoms with E-state index < -0.39 is 0 Å². The number of hydrogen-bond acceptors (Lipinski definition) is 4. The van der Waals surface area contributed by atoms with E-state index in [-0.39, 0.29) is 5.91 Å². The lowest BCUT2D eigenvalue weighted by Gasteiger charge is -2.14. The largest absolute Gasteiger partial charge is 0.493 e. The van der Waals surface area contributed by atoms with Gasteiger partial charge >= 0.3 is 0 Å². The third-order valence-electron chi connectivity index (χ3n) is 4.12. The fourth-order valence-electron chi connectivity index (χ4n) is 2.67. The highest BCUT2D eigenvalue weighted by atomic mass is 16.5. The van der Waals surface area contributed by atoms with Crippen molar-refractivity contribution in [3.8, 4) is 11.5 Å². The number of hydrogen-bond donors (Lipinski definition) is 3. The second-order valence-corrected chi connectivity index (χ2v) is 6.03. The second-order valence-electron chi connectivity index (χ2n) is 6.03. The second kappa shape index (κ2) is 10.8. The first-order valence-electron chi connectivity index (χ1n) is 9.13. The molecule has 0 fully saturated rings. The van der Waals surface area contributed by atoms with E-state index in [2.05, 4.69) is 20.9 Å². The van der Waals surface area contributed by atoms with E-state index in [0.717, 1.165) is 11.1 Å². The number of nitrogens with one attached hydrogen (secondary N) is 3. The van der Waals surface area contributed by atoms with Gasteiger partial charge in [-0.25, -0.2) is 0 Å². The molecule has 0 atom stereocenters. The maximum absolute atomic E-state index is 12.0. The van der Waals surface area contributed by atoms with Gasteiger partial charge in [-0.2, -0.15) is 0 Å². The van der Waals surface area contributed by atoms with Crippen molar-refractivity contribution < 1.29 is 14.3 Å². The van der Waals surface area contributed by atoms with Gasteiger partial charge in [0.05, 0.1) is 14.2 Å². The number of ether oxygens (including phenoxy) is 2. The lowest BCUT2D eigenvalue weighted by Crippen LogP contribution is -2.36. The molecule has 2 rings (SSSR count). The van der Waals surface area contributed by atoms with E-state index in [1.807, 2.05) is 43.3 Å². The van der Waals surface area contributed by atoms with Crippen molar-refractivity contribution in [1.29, 1.82) is 0 Å². The van der Waals surface area contributed by atoms with Crippen molar-refractivity contribution >= 4 is 11.9 Å². The summed E-state index contributed by atoms with van der Waals surface area (Å²) in [6.45, 7) is 3.64. The summed E-state index contributed by atoms with van der Waals surface area (Å²) in [5.41, 5.74) is 2.69. The maximum atomic E-state index is 12.0. The van der Waals surface area contributed by atoms with Gasteiger partial charge in [-0.05, 0) is 42.3 Å². The Bertz CT molecular complexity index is 821. The molecule has 150 valence electrons. The van der Waals surface area contributed by atoms with Crippen LogP contribution in [-0.2, 0) is 13.1 Å². The topological polar surface area (TPSA) is 84.0 Å². The summed E-state index contributed by atoms with van der Waals surface area (Å²) in [4.78, 5) is 16.2. The molecule has 2 aromatic carbocycles. The average molecular weight is 384 g/mol. The van der Waals surface area contributed by atoms with E-state index in [1.54, 1.807) is 27.3 Å². The predicted molar refractivity (Wildman–Crippen MR) is 111 cm³/mol. The molecule has 0 aliphatic carbocycles. The van der Waals surface area contributed by atoms with Crippen molar-refractivity contribution in [3.05, 3.63) is 59.2 Å². The van der Waals surface area contributed by atoms with E-state index in [4.69, 9.17) is 9.47 Å². The number of benzene rings is 2. The standard InChI is InChI=1S/C21H28N4O3/c1-5-23-20(26)17-8-6-7-15(11-17)13-24-21(22-2)25-14-16-9-10-18(27-3)19(12-16)28-4/h6-12H,5,13-14H2,1-4H3,(H,23,26)(H2,22,24,25). The Kier molecular flexibility index (Phi) is 8.14. The molecule has 0 unspecified atom stereocenters. The van der Waals surface area contributed by atoms with Crippen LogP contribution in [0.3, 0.4) is 0 Å². The minimum absolute atomic E-state index is 0.0692. The first-order chi connectivity index (χ1) is 13.6. The maximum Gasteiger partial charge on any atom is 0.251 e. The lowest BCUT2D eigenvalue weighted by atomic mass is 10.1. The molecule has 7 heteroatoms. The molecular formula is C21H28N4O3.